The van der Waals surface area contributed by atoms with Crippen LogP contribution in [-0.2, 0) is 17.8 Å². The number of carbonyl (C=O) groups is 2. The molecule has 1 aliphatic heterocycles. The highest BCUT2D eigenvalue weighted by Crippen LogP contribution is 2.54. The van der Waals surface area contributed by atoms with Crippen LogP contribution in [0.1, 0.15) is 40.7 Å². The van der Waals surface area contributed by atoms with E-state index in [1.54, 1.807) is 18.2 Å². The highest BCUT2D eigenvalue weighted by molar-refractivity contribution is 9.10. The molecule has 1 saturated carbocycles. The second-order valence-electron chi connectivity index (χ2n) is 9.78. The second kappa shape index (κ2) is 10.6. The Morgan fingerprint density at radius 2 is 1.88 bits per heavy atom. The van der Waals surface area contributed by atoms with Gasteiger partial charge in [-0.15, -0.1) is 0 Å². The molecule has 0 saturated heterocycles. The minimum absolute atomic E-state index is 0.0426. The van der Waals surface area contributed by atoms with Gasteiger partial charge in [0.2, 0.25) is 11.9 Å². The Labute approximate surface area is 236 Å². The quantitative estimate of drug-likeness (QED) is 0.322. The molecule has 2 aromatic carbocycles. The number of hydrogen-bond donors (Lipinski definition) is 3. The first-order valence-electron chi connectivity index (χ1n) is 12.5. The zero-order valence-corrected chi connectivity index (χ0v) is 23.0. The number of alkyl halides is 3. The van der Waals surface area contributed by atoms with Gasteiger partial charge in [-0.2, -0.15) is 18.2 Å². The molecule has 0 atom stereocenters. The second-order valence-corrected chi connectivity index (χ2v) is 10.6. The van der Waals surface area contributed by atoms with Crippen molar-refractivity contribution in [1.29, 1.82) is 0 Å². The highest BCUT2D eigenvalue weighted by Gasteiger charge is 2.64. The van der Waals surface area contributed by atoms with E-state index in [1.165, 1.54) is 18.2 Å². The van der Waals surface area contributed by atoms with E-state index in [4.69, 9.17) is 10.5 Å². The summed E-state index contributed by atoms with van der Waals surface area (Å²) in [6.07, 6.45) is -2.86. The fraction of sp³-hybridized carbons (Fsp3) is 0.333. The molecule has 40 heavy (non-hydrogen) atoms. The summed E-state index contributed by atoms with van der Waals surface area (Å²) in [4.78, 5) is 35.0. The van der Waals surface area contributed by atoms with E-state index in [0.717, 1.165) is 10.0 Å². The smallest absolute Gasteiger partial charge is 0.403 e. The predicted molar refractivity (Wildman–Crippen MR) is 146 cm³/mol. The van der Waals surface area contributed by atoms with Gasteiger partial charge in [0.05, 0.1) is 18.5 Å². The Bertz CT molecular complexity index is 1480. The van der Waals surface area contributed by atoms with E-state index in [9.17, 15) is 22.8 Å². The van der Waals surface area contributed by atoms with Gasteiger partial charge in [0, 0.05) is 23.8 Å². The molecule has 4 N–H and O–H groups in total. The van der Waals surface area contributed by atoms with Gasteiger partial charge in [0.25, 0.3) is 5.91 Å². The maximum atomic E-state index is 13.8. The minimum Gasteiger partial charge on any atom is -0.495 e. The fourth-order valence-corrected chi connectivity index (χ4v) is 5.39. The number of rotatable bonds is 7. The van der Waals surface area contributed by atoms with E-state index in [2.05, 4.69) is 36.5 Å². The lowest BCUT2D eigenvalue weighted by atomic mass is 9.67. The molecule has 2 aliphatic rings. The molecular formula is C27H26BrF3N6O3. The third-order valence-electron chi connectivity index (χ3n) is 7.41. The molecule has 210 valence electrons. The topological polar surface area (TPSA) is 122 Å². The molecule has 1 aromatic heterocycles. The van der Waals surface area contributed by atoms with Crippen LogP contribution >= 0.6 is 15.9 Å². The molecule has 0 spiro atoms. The monoisotopic (exact) mass is 618 g/mol. The number of fused-ring (bicyclic) bond motifs is 1. The highest BCUT2D eigenvalue weighted by atomic mass is 79.9. The van der Waals surface area contributed by atoms with Crippen molar-refractivity contribution in [2.24, 2.45) is 11.1 Å². The van der Waals surface area contributed by atoms with Crippen molar-refractivity contribution >= 4 is 50.9 Å². The Kier molecular flexibility index (Phi) is 7.34. The van der Waals surface area contributed by atoms with E-state index >= 15 is 0 Å². The summed E-state index contributed by atoms with van der Waals surface area (Å²) in [6, 6.07) is 10.8. The number of ether oxygens (including phenoxy) is 1. The standard InChI is InChI=1S/C27H26BrF3N6O3/c1-40-21-12-15-7-10-37(24(39)26(8-4-9-26)27(29,30)31)14-16(15)11-20(21)35-25-33-13-17(22(32)38)23(36-25)34-19-6-3-2-5-18(19)28/h2-3,5-6,11-13H,4,7-10,14H2,1H3,(H2,32,38)(H2,33,34,35,36). The van der Waals surface area contributed by atoms with E-state index in [0.29, 0.717) is 35.5 Å². The number of amides is 2. The first-order chi connectivity index (χ1) is 19.0. The van der Waals surface area contributed by atoms with Crippen LogP contribution in [0.15, 0.2) is 47.1 Å². The molecule has 2 amide bonds. The Morgan fingerprint density at radius 3 is 2.50 bits per heavy atom. The maximum Gasteiger partial charge on any atom is 0.403 e. The molecule has 0 bridgehead atoms. The van der Waals surface area contributed by atoms with Gasteiger partial charge in [-0.05, 0) is 70.6 Å². The summed E-state index contributed by atoms with van der Waals surface area (Å²) >= 11 is 3.44. The molecule has 5 rings (SSSR count). The van der Waals surface area contributed by atoms with Crippen molar-refractivity contribution in [1.82, 2.24) is 14.9 Å². The van der Waals surface area contributed by atoms with Crippen LogP contribution in [0.3, 0.4) is 0 Å². The van der Waals surface area contributed by atoms with Gasteiger partial charge in [0.1, 0.15) is 22.5 Å². The van der Waals surface area contributed by atoms with Crippen molar-refractivity contribution in [3.8, 4) is 5.75 Å². The van der Waals surface area contributed by atoms with Crippen LogP contribution in [0.2, 0.25) is 0 Å². The molecule has 0 radical (unpaired) electrons. The Hall–Kier alpha value is -3.87. The van der Waals surface area contributed by atoms with Crippen molar-refractivity contribution in [3.05, 3.63) is 63.8 Å². The SMILES string of the molecule is COc1cc2c(cc1Nc1ncc(C(N)=O)c(Nc3ccccc3Br)n1)CN(C(=O)C1(C(F)(F)F)CCC1)CC2. The number of para-hydroxylation sites is 1. The van der Waals surface area contributed by atoms with Crippen LogP contribution in [0.4, 0.5) is 36.3 Å². The predicted octanol–water partition coefficient (Wildman–Crippen LogP) is 5.45. The first kappa shape index (κ1) is 27.7. The molecule has 0 unspecified atom stereocenters. The normalized spacial score (nSPS) is 16.0. The maximum absolute atomic E-state index is 13.8. The number of primary amides is 1. The Morgan fingerprint density at radius 1 is 1.12 bits per heavy atom. The lowest BCUT2D eigenvalue weighted by Crippen LogP contribution is -2.56. The lowest BCUT2D eigenvalue weighted by Gasteiger charge is -2.45. The van der Waals surface area contributed by atoms with Gasteiger partial charge < -0.3 is 26.0 Å². The third kappa shape index (κ3) is 5.05. The number of nitrogens with one attached hydrogen (secondary N) is 2. The van der Waals surface area contributed by atoms with Gasteiger partial charge in [0.15, 0.2) is 0 Å². The molecule has 2 heterocycles. The summed E-state index contributed by atoms with van der Waals surface area (Å²) in [6.45, 7) is 0.238. The van der Waals surface area contributed by atoms with Gasteiger partial charge >= 0.3 is 6.18 Å². The number of carbonyl (C=O) groups excluding carboxylic acids is 2. The number of methoxy groups -OCH3 is 1. The summed E-state index contributed by atoms with van der Waals surface area (Å²) in [7, 11) is 1.49. The molecule has 13 heteroatoms. The van der Waals surface area contributed by atoms with Crippen molar-refractivity contribution in [3.63, 3.8) is 0 Å². The fourth-order valence-electron chi connectivity index (χ4n) is 5.01. The van der Waals surface area contributed by atoms with Crippen LogP contribution in [0, 0.1) is 5.41 Å². The molecule has 9 nitrogen and oxygen atoms in total. The van der Waals surface area contributed by atoms with Gasteiger partial charge in [-0.3, -0.25) is 9.59 Å². The van der Waals surface area contributed by atoms with Crippen molar-refractivity contribution < 1.29 is 27.5 Å². The Balaban J connectivity index is 1.43. The van der Waals surface area contributed by atoms with E-state index in [1.807, 2.05) is 18.2 Å². The lowest BCUT2D eigenvalue weighted by molar-refractivity contribution is -0.248. The minimum atomic E-state index is -4.58. The van der Waals surface area contributed by atoms with Crippen LogP contribution in [-0.4, -0.2) is 46.5 Å². The molecule has 1 fully saturated rings. The number of aromatic nitrogens is 2. The third-order valence-corrected chi connectivity index (χ3v) is 8.10. The average molecular weight is 619 g/mol. The number of halogens is 4. The van der Waals surface area contributed by atoms with Crippen LogP contribution in [0.25, 0.3) is 0 Å². The van der Waals surface area contributed by atoms with Crippen molar-refractivity contribution in [2.75, 3.05) is 24.3 Å². The van der Waals surface area contributed by atoms with Crippen molar-refractivity contribution in [2.45, 2.75) is 38.4 Å². The number of hydrogen-bond acceptors (Lipinski definition) is 7. The number of benzene rings is 2. The van der Waals surface area contributed by atoms with Crippen LogP contribution < -0.4 is 21.1 Å². The molecule has 1 aliphatic carbocycles. The summed E-state index contributed by atoms with van der Waals surface area (Å²) in [5, 5.41) is 6.14. The number of nitrogens with zero attached hydrogens (tertiary/aromatic N) is 3. The summed E-state index contributed by atoms with van der Waals surface area (Å²) in [5.74, 6) is -0.835. The average Bonchev–Trinajstić information content (AvgIpc) is 2.87. The number of anilines is 4. The zero-order chi connectivity index (χ0) is 28.7. The largest absolute Gasteiger partial charge is 0.495 e. The summed E-state index contributed by atoms with van der Waals surface area (Å²) < 4.78 is 47.7. The van der Waals surface area contributed by atoms with E-state index < -0.39 is 23.4 Å². The first-order valence-corrected chi connectivity index (χ1v) is 13.3. The number of nitrogens with two attached hydrogens (primary N) is 1. The molecular weight excluding hydrogens is 593 g/mol. The van der Waals surface area contributed by atoms with Crippen LogP contribution in [0.5, 0.6) is 5.75 Å². The summed E-state index contributed by atoms with van der Waals surface area (Å²) in [5.41, 5.74) is 5.98. The van der Waals surface area contributed by atoms with E-state index in [-0.39, 0.29) is 43.3 Å². The zero-order valence-electron chi connectivity index (χ0n) is 21.4. The molecule has 3 aromatic rings. The van der Waals surface area contributed by atoms with Gasteiger partial charge in [-0.25, -0.2) is 4.98 Å². The van der Waals surface area contributed by atoms with Gasteiger partial charge in [-0.1, -0.05) is 18.6 Å².